The first-order chi connectivity index (χ1) is 14.5. The summed E-state index contributed by atoms with van der Waals surface area (Å²) in [6, 6.07) is 18.9. The first kappa shape index (κ1) is 19.1. The Morgan fingerprint density at radius 1 is 1.00 bits per heavy atom. The molecule has 1 aliphatic heterocycles. The van der Waals surface area contributed by atoms with Crippen molar-refractivity contribution in [1.82, 2.24) is 4.90 Å². The molecule has 2 atom stereocenters. The summed E-state index contributed by atoms with van der Waals surface area (Å²) in [5.41, 5.74) is 6.97. The Hall–Kier alpha value is -2.89. The molecule has 1 heterocycles. The van der Waals surface area contributed by atoms with Gasteiger partial charge in [0.1, 0.15) is 5.75 Å². The quantitative estimate of drug-likeness (QED) is 0.624. The molecule has 2 bridgehead atoms. The second-order valence-corrected chi connectivity index (χ2v) is 8.73. The standard InChI is InChI=1S/C25H26N2O3/c26-24(29)16-4-3-5-18(12-16)25(30)19-9-10-20(25)15-27(14-19)13-17-8-11-23(28)22-7-2-1-6-21(17)22/h1-8,11-12,19-20,28,30H,9-10,13-15H2,(H2,26,29). The molecule has 5 nitrogen and oxygen atoms in total. The van der Waals surface area contributed by atoms with Gasteiger partial charge in [-0.15, -0.1) is 0 Å². The highest BCUT2D eigenvalue weighted by atomic mass is 16.3. The van der Waals surface area contributed by atoms with Gasteiger partial charge < -0.3 is 15.9 Å². The number of nitrogens with two attached hydrogens (primary N) is 1. The lowest BCUT2D eigenvalue weighted by molar-refractivity contribution is -0.0914. The summed E-state index contributed by atoms with van der Waals surface area (Å²) < 4.78 is 0. The van der Waals surface area contributed by atoms with E-state index in [0.29, 0.717) is 11.3 Å². The number of aliphatic hydroxyl groups is 1. The molecule has 3 aromatic carbocycles. The van der Waals surface area contributed by atoms with Crippen LogP contribution in [0.1, 0.15) is 34.3 Å². The second-order valence-electron chi connectivity index (χ2n) is 8.73. The molecule has 2 unspecified atom stereocenters. The van der Waals surface area contributed by atoms with Gasteiger partial charge in [-0.25, -0.2) is 0 Å². The third-order valence-electron chi connectivity index (χ3n) is 7.06. The van der Waals surface area contributed by atoms with Crippen LogP contribution in [-0.2, 0) is 12.1 Å². The third kappa shape index (κ3) is 2.97. The molecule has 1 amide bonds. The Bertz CT molecular complexity index is 1110. The summed E-state index contributed by atoms with van der Waals surface area (Å²) in [4.78, 5) is 14.0. The minimum Gasteiger partial charge on any atom is -0.507 e. The van der Waals surface area contributed by atoms with E-state index >= 15 is 0 Å². The fourth-order valence-corrected chi connectivity index (χ4v) is 5.58. The molecule has 5 rings (SSSR count). The average Bonchev–Trinajstić information content (AvgIpc) is 2.93. The van der Waals surface area contributed by atoms with Crippen LogP contribution in [0, 0.1) is 11.8 Å². The predicted molar refractivity (Wildman–Crippen MR) is 116 cm³/mol. The van der Waals surface area contributed by atoms with E-state index in [1.807, 2.05) is 36.4 Å². The molecule has 2 aliphatic rings. The molecule has 0 aromatic heterocycles. The lowest BCUT2D eigenvalue weighted by atomic mass is 9.74. The maximum atomic E-state index is 11.7. The molecule has 4 N–H and O–H groups in total. The van der Waals surface area contributed by atoms with Gasteiger partial charge in [-0.1, -0.05) is 42.5 Å². The van der Waals surface area contributed by atoms with Crippen LogP contribution in [0.25, 0.3) is 10.8 Å². The lowest BCUT2D eigenvalue weighted by Gasteiger charge is -2.45. The fraction of sp³-hybridized carbons (Fsp3) is 0.320. The Balaban J connectivity index is 1.42. The van der Waals surface area contributed by atoms with Crippen LogP contribution >= 0.6 is 0 Å². The highest BCUT2D eigenvalue weighted by molar-refractivity contribution is 5.93. The number of amides is 1. The summed E-state index contributed by atoms with van der Waals surface area (Å²) >= 11 is 0. The second kappa shape index (κ2) is 7.11. The van der Waals surface area contributed by atoms with Gasteiger partial charge in [-0.3, -0.25) is 9.69 Å². The van der Waals surface area contributed by atoms with E-state index < -0.39 is 11.5 Å². The zero-order valence-corrected chi connectivity index (χ0v) is 16.8. The Morgan fingerprint density at radius 3 is 2.40 bits per heavy atom. The maximum absolute atomic E-state index is 11.7. The molecule has 30 heavy (non-hydrogen) atoms. The van der Waals surface area contributed by atoms with E-state index in [0.717, 1.165) is 48.8 Å². The van der Waals surface area contributed by atoms with Gasteiger partial charge in [0.15, 0.2) is 0 Å². The van der Waals surface area contributed by atoms with Crippen molar-refractivity contribution in [2.75, 3.05) is 13.1 Å². The van der Waals surface area contributed by atoms with E-state index in [9.17, 15) is 15.0 Å². The van der Waals surface area contributed by atoms with Crippen molar-refractivity contribution < 1.29 is 15.0 Å². The summed E-state index contributed by atoms with van der Waals surface area (Å²) in [5.74, 6) is 0.0618. The van der Waals surface area contributed by atoms with Crippen LogP contribution in [0.3, 0.4) is 0 Å². The summed E-state index contributed by atoms with van der Waals surface area (Å²) in [6.07, 6.45) is 1.93. The van der Waals surface area contributed by atoms with E-state index in [1.54, 1.807) is 18.2 Å². The summed E-state index contributed by atoms with van der Waals surface area (Å²) in [6.45, 7) is 2.37. The zero-order chi connectivity index (χ0) is 20.9. The smallest absolute Gasteiger partial charge is 0.248 e. The van der Waals surface area contributed by atoms with E-state index in [-0.39, 0.29) is 11.8 Å². The van der Waals surface area contributed by atoms with Crippen molar-refractivity contribution in [3.8, 4) is 5.75 Å². The summed E-state index contributed by atoms with van der Waals surface area (Å²) in [5, 5.41) is 23.8. The van der Waals surface area contributed by atoms with Crippen molar-refractivity contribution in [3.05, 3.63) is 77.4 Å². The monoisotopic (exact) mass is 402 g/mol. The molecular weight excluding hydrogens is 376 g/mol. The van der Waals surface area contributed by atoms with Gasteiger partial charge in [0.25, 0.3) is 0 Å². The molecular formula is C25H26N2O3. The predicted octanol–water partition coefficient (Wildman–Crippen LogP) is 3.37. The normalized spacial score (nSPS) is 26.2. The number of phenolic OH excluding ortho intramolecular Hbond substituents is 1. The SMILES string of the molecule is NC(=O)c1cccc(C2(O)C3CCC2CN(Cc2ccc(O)c4ccccc24)C3)c1. The first-order valence-corrected chi connectivity index (χ1v) is 10.5. The van der Waals surface area contributed by atoms with Gasteiger partial charge in [-0.05, 0) is 47.6 Å². The molecule has 0 radical (unpaired) electrons. The van der Waals surface area contributed by atoms with Crippen LogP contribution in [0.5, 0.6) is 5.75 Å². The number of hydrogen-bond donors (Lipinski definition) is 3. The number of piperidine rings is 1. The van der Waals surface area contributed by atoms with Crippen LogP contribution < -0.4 is 5.73 Å². The van der Waals surface area contributed by atoms with Gasteiger partial charge in [0, 0.05) is 42.4 Å². The minimum absolute atomic E-state index is 0.114. The molecule has 2 fully saturated rings. The van der Waals surface area contributed by atoms with Crippen LogP contribution in [0.4, 0.5) is 0 Å². The fourth-order valence-electron chi connectivity index (χ4n) is 5.58. The Morgan fingerprint density at radius 2 is 1.70 bits per heavy atom. The van der Waals surface area contributed by atoms with Crippen molar-refractivity contribution in [2.45, 2.75) is 25.0 Å². The topological polar surface area (TPSA) is 86.8 Å². The van der Waals surface area contributed by atoms with Crippen molar-refractivity contribution in [1.29, 1.82) is 0 Å². The van der Waals surface area contributed by atoms with E-state index in [2.05, 4.69) is 11.0 Å². The summed E-state index contributed by atoms with van der Waals surface area (Å²) in [7, 11) is 0. The molecule has 154 valence electrons. The number of carbonyl (C=O) groups is 1. The van der Waals surface area contributed by atoms with Crippen molar-refractivity contribution >= 4 is 16.7 Å². The van der Waals surface area contributed by atoms with E-state index in [4.69, 9.17) is 5.73 Å². The number of nitrogens with zero attached hydrogens (tertiary/aromatic N) is 1. The Labute approximate surface area is 175 Å². The third-order valence-corrected chi connectivity index (χ3v) is 7.06. The average molecular weight is 402 g/mol. The van der Waals surface area contributed by atoms with Crippen LogP contribution in [0.2, 0.25) is 0 Å². The first-order valence-electron chi connectivity index (χ1n) is 10.5. The number of rotatable bonds is 4. The van der Waals surface area contributed by atoms with Gasteiger partial charge in [0.2, 0.25) is 5.91 Å². The maximum Gasteiger partial charge on any atom is 0.248 e. The van der Waals surface area contributed by atoms with Crippen LogP contribution in [0.15, 0.2) is 60.7 Å². The van der Waals surface area contributed by atoms with Crippen LogP contribution in [-0.4, -0.2) is 34.1 Å². The number of carbonyl (C=O) groups excluding carboxylic acids is 1. The van der Waals surface area contributed by atoms with E-state index in [1.165, 1.54) is 5.56 Å². The number of hydrogen-bond acceptors (Lipinski definition) is 4. The van der Waals surface area contributed by atoms with Gasteiger partial charge in [-0.2, -0.15) is 0 Å². The largest absolute Gasteiger partial charge is 0.507 e. The zero-order valence-electron chi connectivity index (χ0n) is 16.8. The van der Waals surface area contributed by atoms with Gasteiger partial charge in [0.05, 0.1) is 5.60 Å². The highest BCUT2D eigenvalue weighted by Gasteiger charge is 2.53. The van der Waals surface area contributed by atoms with Gasteiger partial charge >= 0.3 is 0 Å². The number of primary amides is 1. The van der Waals surface area contributed by atoms with Crippen molar-refractivity contribution in [3.63, 3.8) is 0 Å². The minimum atomic E-state index is -0.918. The molecule has 1 saturated heterocycles. The number of fused-ring (bicyclic) bond motifs is 3. The Kier molecular flexibility index (Phi) is 4.53. The highest BCUT2D eigenvalue weighted by Crippen LogP contribution is 2.51. The number of likely N-dealkylation sites (tertiary alicyclic amines) is 1. The lowest BCUT2D eigenvalue weighted by Crippen LogP contribution is -2.51. The number of phenols is 1. The van der Waals surface area contributed by atoms with Crippen molar-refractivity contribution in [2.24, 2.45) is 17.6 Å². The molecule has 1 aliphatic carbocycles. The number of aromatic hydroxyl groups is 1. The molecule has 5 heteroatoms. The molecule has 0 spiro atoms. The number of benzene rings is 3. The molecule has 1 saturated carbocycles. The molecule has 3 aromatic rings.